The monoisotopic (exact) mass is 174 g/mol. The van der Waals surface area contributed by atoms with E-state index in [0.29, 0.717) is 0 Å². The van der Waals surface area contributed by atoms with Crippen LogP contribution in [0.25, 0.3) is 0 Å². The maximum absolute atomic E-state index is 1.96. The molecule has 8 heavy (non-hydrogen) atoms. The third-order valence-electron chi connectivity index (χ3n) is 1.90. The van der Waals surface area contributed by atoms with E-state index in [1.807, 2.05) is 16.9 Å². The van der Waals surface area contributed by atoms with Crippen molar-refractivity contribution < 1.29 is 0 Å². The topological polar surface area (TPSA) is 0 Å². The van der Waals surface area contributed by atoms with Crippen LogP contribution in [0.2, 0.25) is 4.71 Å². The summed E-state index contributed by atoms with van der Waals surface area (Å²) >= 11 is 1.96. The Hall–Kier alpha value is 0.558. The number of hydrogen-bond acceptors (Lipinski definition) is 0. The van der Waals surface area contributed by atoms with Gasteiger partial charge in [-0.05, 0) is 0 Å². The summed E-state index contributed by atoms with van der Waals surface area (Å²) in [6, 6.07) is 0. The van der Waals surface area contributed by atoms with E-state index in [-0.39, 0.29) is 0 Å². The second kappa shape index (κ2) is 3.56. The van der Waals surface area contributed by atoms with Crippen LogP contribution < -0.4 is 0 Å². The Kier molecular flexibility index (Phi) is 2.97. The Morgan fingerprint density at radius 1 is 0.875 bits per heavy atom. The third-order valence-corrected chi connectivity index (χ3v) is 3.30. The first-order valence-corrected chi connectivity index (χ1v) is 5.05. The second-order valence-corrected chi connectivity index (χ2v) is 4.73. The van der Waals surface area contributed by atoms with Crippen LogP contribution in [0.15, 0.2) is 0 Å². The number of hydrogen-bond donors (Lipinski definition) is 0. The van der Waals surface area contributed by atoms with Gasteiger partial charge < -0.3 is 0 Å². The molecule has 0 nitrogen and oxygen atoms in total. The minimum atomic E-state index is 1.09. The predicted molar refractivity (Wildman–Crippen MR) is 40.0 cm³/mol. The predicted octanol–water partition coefficient (Wildman–Crippen LogP) is 1.76. The van der Waals surface area contributed by atoms with Gasteiger partial charge in [-0.15, -0.1) is 0 Å². The summed E-state index contributed by atoms with van der Waals surface area (Å²) in [4.78, 5) is 0. The van der Waals surface area contributed by atoms with Crippen LogP contribution in [0.3, 0.4) is 0 Å². The summed E-state index contributed by atoms with van der Waals surface area (Å²) < 4.78 is 1.09. The van der Waals surface area contributed by atoms with Crippen molar-refractivity contribution in [3.63, 3.8) is 0 Å². The first kappa shape index (κ1) is 6.68. The van der Waals surface area contributed by atoms with E-state index in [9.17, 15) is 0 Å². The van der Waals surface area contributed by atoms with Crippen LogP contribution in [-0.2, 0) is 0 Å². The quantitative estimate of drug-likeness (QED) is 0.387. The Balaban J connectivity index is 2.17. The van der Waals surface area contributed by atoms with E-state index in [1.165, 1.54) is 38.5 Å². The molecule has 1 aliphatic carbocycles. The van der Waals surface area contributed by atoms with Crippen molar-refractivity contribution in [1.29, 1.82) is 0 Å². The van der Waals surface area contributed by atoms with E-state index in [0.717, 1.165) is 4.71 Å². The summed E-state index contributed by atoms with van der Waals surface area (Å²) in [6.45, 7) is 0. The van der Waals surface area contributed by atoms with E-state index in [1.54, 1.807) is 0 Å². The average Bonchev–Trinajstić information content (AvgIpc) is 1.94. The molecular weight excluding hydrogens is 159 g/mol. The van der Waals surface area contributed by atoms with Crippen LogP contribution in [0.1, 0.15) is 38.5 Å². The molecule has 1 rings (SSSR count). The molecule has 1 aliphatic rings. The van der Waals surface area contributed by atoms with Gasteiger partial charge in [-0.25, -0.2) is 0 Å². The summed E-state index contributed by atoms with van der Waals surface area (Å²) in [5.74, 6) is 0. The first-order chi connectivity index (χ1) is 3.89. The molecule has 0 aromatic rings. The van der Waals surface area contributed by atoms with Crippen molar-refractivity contribution in [3.05, 3.63) is 0 Å². The zero-order valence-electron chi connectivity index (χ0n) is 5.40. The zero-order chi connectivity index (χ0) is 5.82. The molecule has 48 valence electrons. The molecule has 0 aliphatic heterocycles. The summed E-state index contributed by atoms with van der Waals surface area (Å²) in [6.07, 6.45) is 9.03. The molecule has 0 amide bonds. The van der Waals surface area contributed by atoms with Gasteiger partial charge in [0.05, 0.1) is 0 Å². The van der Waals surface area contributed by atoms with E-state index < -0.39 is 0 Å². The van der Waals surface area contributed by atoms with Crippen LogP contribution in [0.5, 0.6) is 0 Å². The van der Waals surface area contributed by atoms with Gasteiger partial charge in [-0.3, -0.25) is 0 Å². The van der Waals surface area contributed by atoms with Gasteiger partial charge in [0.1, 0.15) is 0 Å². The van der Waals surface area contributed by atoms with Crippen molar-refractivity contribution in [2.24, 2.45) is 0 Å². The van der Waals surface area contributed by atoms with Crippen molar-refractivity contribution in [1.82, 2.24) is 0 Å². The molecule has 1 fully saturated rings. The fourth-order valence-corrected chi connectivity index (χ4v) is 2.30. The molecule has 1 heteroatoms. The number of rotatable bonds is 0. The summed E-state index contributed by atoms with van der Waals surface area (Å²) in [5.41, 5.74) is 0. The molecule has 0 radical (unpaired) electrons. The molecule has 0 saturated heterocycles. The molecule has 0 N–H and O–H groups in total. The molecule has 0 bridgehead atoms. The van der Waals surface area contributed by atoms with E-state index in [2.05, 4.69) is 0 Å². The fourth-order valence-electron chi connectivity index (χ4n) is 1.31. The Morgan fingerprint density at radius 3 is 1.88 bits per heavy atom. The average molecular weight is 174 g/mol. The standard InChI is InChI=1S/C7H15As/c8-7-5-3-1-2-4-6-7/h7H,1-6,8H2. The Bertz CT molecular complexity index is 53.4. The molecular formula is C7H15As. The van der Waals surface area contributed by atoms with Gasteiger partial charge in [0.2, 0.25) is 0 Å². The summed E-state index contributed by atoms with van der Waals surface area (Å²) in [5, 5.41) is 0. The van der Waals surface area contributed by atoms with E-state index >= 15 is 0 Å². The normalized spacial score (nSPS) is 25.1. The Labute approximate surface area is 60.5 Å². The maximum atomic E-state index is 1.96. The molecule has 1 atom stereocenters. The van der Waals surface area contributed by atoms with Crippen molar-refractivity contribution in [2.75, 3.05) is 0 Å². The van der Waals surface area contributed by atoms with Gasteiger partial charge in [-0.1, -0.05) is 0 Å². The van der Waals surface area contributed by atoms with Gasteiger partial charge in [0, 0.05) is 0 Å². The van der Waals surface area contributed by atoms with Gasteiger partial charge in [-0.2, -0.15) is 0 Å². The molecule has 1 unspecified atom stereocenters. The minimum absolute atomic E-state index is 1.09. The third kappa shape index (κ3) is 2.22. The molecule has 1 saturated carbocycles. The molecule has 0 spiro atoms. The zero-order valence-corrected chi connectivity index (χ0v) is 7.82. The molecule has 0 aromatic heterocycles. The van der Waals surface area contributed by atoms with Gasteiger partial charge >= 0.3 is 60.1 Å². The van der Waals surface area contributed by atoms with Crippen molar-refractivity contribution >= 4 is 16.9 Å². The van der Waals surface area contributed by atoms with Crippen molar-refractivity contribution in [3.8, 4) is 0 Å². The SMILES string of the molecule is [AsH2]C1CCCCCC1. The fraction of sp³-hybridized carbons (Fsp3) is 1.00. The second-order valence-electron chi connectivity index (χ2n) is 2.75. The van der Waals surface area contributed by atoms with Crippen LogP contribution in [0, 0.1) is 0 Å². The molecule has 0 heterocycles. The Morgan fingerprint density at radius 2 is 1.38 bits per heavy atom. The van der Waals surface area contributed by atoms with Crippen LogP contribution >= 0.6 is 0 Å². The molecule has 0 aromatic carbocycles. The summed E-state index contributed by atoms with van der Waals surface area (Å²) in [7, 11) is 0. The van der Waals surface area contributed by atoms with Crippen LogP contribution in [-0.4, -0.2) is 16.9 Å². The van der Waals surface area contributed by atoms with Crippen LogP contribution in [0.4, 0.5) is 0 Å². The first-order valence-electron chi connectivity index (χ1n) is 3.65. The van der Waals surface area contributed by atoms with Gasteiger partial charge in [0.15, 0.2) is 0 Å². The van der Waals surface area contributed by atoms with E-state index in [4.69, 9.17) is 0 Å². The van der Waals surface area contributed by atoms with Gasteiger partial charge in [0.25, 0.3) is 0 Å². The van der Waals surface area contributed by atoms with Crippen molar-refractivity contribution in [2.45, 2.75) is 43.2 Å².